The van der Waals surface area contributed by atoms with Crippen molar-refractivity contribution in [3.8, 4) is 16.9 Å². The van der Waals surface area contributed by atoms with Gasteiger partial charge in [0.25, 0.3) is 0 Å². The second kappa shape index (κ2) is 4.88. The summed E-state index contributed by atoms with van der Waals surface area (Å²) in [6.45, 7) is 4.22. The molecule has 1 atom stereocenters. The third kappa shape index (κ3) is 2.50. The van der Waals surface area contributed by atoms with E-state index >= 15 is 0 Å². The Morgan fingerprint density at radius 2 is 2.00 bits per heavy atom. The molecule has 0 saturated heterocycles. The molecule has 17 heavy (non-hydrogen) atoms. The number of rotatable bonds is 3. The van der Waals surface area contributed by atoms with E-state index in [0.29, 0.717) is 5.92 Å². The molecule has 1 N–H and O–H groups in total. The molecule has 0 bridgehead atoms. The summed E-state index contributed by atoms with van der Waals surface area (Å²) in [5.41, 5.74) is 2.70. The molecule has 0 aliphatic carbocycles. The maximum atomic E-state index is 10.0. The van der Waals surface area contributed by atoms with Gasteiger partial charge in [0, 0.05) is 16.4 Å². The van der Waals surface area contributed by atoms with E-state index in [0.717, 1.165) is 16.7 Å². The van der Waals surface area contributed by atoms with Gasteiger partial charge >= 0.3 is 0 Å². The van der Waals surface area contributed by atoms with Crippen LogP contribution in [0.5, 0.6) is 5.75 Å². The van der Waals surface area contributed by atoms with E-state index in [2.05, 4.69) is 26.5 Å². The zero-order valence-corrected chi connectivity index (χ0v) is 10.8. The molecule has 0 aliphatic rings. The van der Waals surface area contributed by atoms with Gasteiger partial charge in [-0.05, 0) is 23.6 Å². The van der Waals surface area contributed by atoms with Crippen LogP contribution in [0.2, 0.25) is 0 Å². The number of benzene rings is 1. The van der Waals surface area contributed by atoms with Gasteiger partial charge in [-0.3, -0.25) is 0 Å². The van der Waals surface area contributed by atoms with Crippen molar-refractivity contribution >= 4 is 12.6 Å². The molecule has 0 fully saturated rings. The third-order valence-corrected chi connectivity index (χ3v) is 3.72. The van der Waals surface area contributed by atoms with Gasteiger partial charge in [-0.1, -0.05) is 26.0 Å². The van der Waals surface area contributed by atoms with E-state index in [1.807, 2.05) is 18.2 Å². The standard InChI is InChI=1S/C14H16O2S/c1-9(2)14(17)10-3-4-12(13(15)7-10)11-5-6-16-8-11/h3-9,14-15,17H,1-2H3. The van der Waals surface area contributed by atoms with Crippen LogP contribution in [0.25, 0.3) is 11.1 Å². The van der Waals surface area contributed by atoms with Gasteiger partial charge in [-0.15, -0.1) is 0 Å². The highest BCUT2D eigenvalue weighted by molar-refractivity contribution is 7.80. The van der Waals surface area contributed by atoms with Crippen molar-refractivity contribution in [2.75, 3.05) is 0 Å². The van der Waals surface area contributed by atoms with Crippen molar-refractivity contribution in [2.24, 2.45) is 5.92 Å². The van der Waals surface area contributed by atoms with Gasteiger partial charge in [0.05, 0.1) is 12.5 Å². The summed E-state index contributed by atoms with van der Waals surface area (Å²) < 4.78 is 5.01. The van der Waals surface area contributed by atoms with Crippen LogP contribution in [-0.2, 0) is 0 Å². The molecule has 1 aromatic heterocycles. The van der Waals surface area contributed by atoms with Crippen LogP contribution in [-0.4, -0.2) is 5.11 Å². The second-order valence-electron chi connectivity index (χ2n) is 4.48. The first-order chi connectivity index (χ1) is 8.09. The highest BCUT2D eigenvalue weighted by Gasteiger charge is 2.13. The summed E-state index contributed by atoms with van der Waals surface area (Å²) >= 11 is 4.54. The molecule has 2 aromatic rings. The molecule has 2 rings (SSSR count). The largest absolute Gasteiger partial charge is 0.507 e. The fourth-order valence-electron chi connectivity index (χ4n) is 1.78. The minimum atomic E-state index is 0.138. The lowest BCUT2D eigenvalue weighted by atomic mass is 9.98. The first-order valence-electron chi connectivity index (χ1n) is 5.63. The normalized spacial score (nSPS) is 12.9. The predicted molar refractivity (Wildman–Crippen MR) is 72.4 cm³/mol. The van der Waals surface area contributed by atoms with E-state index in [1.54, 1.807) is 18.6 Å². The topological polar surface area (TPSA) is 33.4 Å². The van der Waals surface area contributed by atoms with Gasteiger partial charge in [0.15, 0.2) is 0 Å². The molecule has 1 unspecified atom stereocenters. The molecule has 0 aliphatic heterocycles. The van der Waals surface area contributed by atoms with Crippen LogP contribution in [0.1, 0.15) is 24.7 Å². The summed E-state index contributed by atoms with van der Waals surface area (Å²) in [5.74, 6) is 0.695. The Labute approximate surface area is 107 Å². The molecule has 90 valence electrons. The van der Waals surface area contributed by atoms with Gasteiger partial charge < -0.3 is 9.52 Å². The smallest absolute Gasteiger partial charge is 0.123 e. The minimum absolute atomic E-state index is 0.138. The van der Waals surface area contributed by atoms with Crippen molar-refractivity contribution in [2.45, 2.75) is 19.1 Å². The Kier molecular flexibility index (Phi) is 3.48. The molecule has 1 aromatic carbocycles. The molecular weight excluding hydrogens is 232 g/mol. The molecule has 0 spiro atoms. The fraction of sp³-hybridized carbons (Fsp3) is 0.286. The van der Waals surface area contributed by atoms with Crippen molar-refractivity contribution in [3.05, 3.63) is 42.4 Å². The number of hydrogen-bond acceptors (Lipinski definition) is 3. The van der Waals surface area contributed by atoms with Crippen LogP contribution in [0.3, 0.4) is 0 Å². The van der Waals surface area contributed by atoms with Gasteiger partial charge in [-0.25, -0.2) is 0 Å². The van der Waals surface area contributed by atoms with Crippen LogP contribution in [0, 0.1) is 5.92 Å². The number of aromatic hydroxyl groups is 1. The van der Waals surface area contributed by atoms with Crippen molar-refractivity contribution in [3.63, 3.8) is 0 Å². The van der Waals surface area contributed by atoms with Crippen LogP contribution in [0.4, 0.5) is 0 Å². The minimum Gasteiger partial charge on any atom is -0.507 e. The average molecular weight is 248 g/mol. The van der Waals surface area contributed by atoms with Gasteiger partial charge in [0.2, 0.25) is 0 Å². The van der Waals surface area contributed by atoms with E-state index in [-0.39, 0.29) is 11.0 Å². The van der Waals surface area contributed by atoms with E-state index in [9.17, 15) is 5.11 Å². The molecule has 0 amide bonds. The predicted octanol–water partition coefficient (Wildman–Crippen LogP) is 4.28. The monoisotopic (exact) mass is 248 g/mol. The fourth-order valence-corrected chi connectivity index (χ4v) is 1.94. The van der Waals surface area contributed by atoms with Crippen molar-refractivity contribution in [1.29, 1.82) is 0 Å². The van der Waals surface area contributed by atoms with Crippen LogP contribution < -0.4 is 0 Å². The zero-order valence-electron chi connectivity index (χ0n) is 9.92. The second-order valence-corrected chi connectivity index (χ2v) is 5.03. The van der Waals surface area contributed by atoms with Gasteiger partial charge in [0.1, 0.15) is 5.75 Å². The molecule has 0 saturated carbocycles. The summed E-state index contributed by atoms with van der Waals surface area (Å²) in [4.78, 5) is 0. The maximum absolute atomic E-state index is 10.0. The number of hydrogen-bond donors (Lipinski definition) is 2. The highest BCUT2D eigenvalue weighted by Crippen LogP contribution is 2.35. The SMILES string of the molecule is CC(C)C(S)c1ccc(-c2ccoc2)c(O)c1. The Bertz CT molecular complexity index is 489. The summed E-state index contributed by atoms with van der Waals surface area (Å²) in [5, 5.41) is 10.2. The number of phenolic OH excluding ortho intramolecular Hbond substituents is 1. The summed E-state index contributed by atoms with van der Waals surface area (Å²) in [6.07, 6.45) is 3.22. The average Bonchev–Trinajstić information content (AvgIpc) is 2.81. The van der Waals surface area contributed by atoms with Gasteiger partial charge in [-0.2, -0.15) is 12.6 Å². The zero-order chi connectivity index (χ0) is 12.4. The molecule has 3 heteroatoms. The summed E-state index contributed by atoms with van der Waals surface area (Å²) in [6, 6.07) is 7.51. The number of phenols is 1. The quantitative estimate of drug-likeness (QED) is 0.795. The van der Waals surface area contributed by atoms with E-state index < -0.39 is 0 Å². The number of furan rings is 1. The first-order valence-corrected chi connectivity index (χ1v) is 6.15. The lowest BCUT2D eigenvalue weighted by Gasteiger charge is -2.16. The maximum Gasteiger partial charge on any atom is 0.123 e. The van der Waals surface area contributed by atoms with Crippen molar-refractivity contribution in [1.82, 2.24) is 0 Å². The Morgan fingerprint density at radius 1 is 1.24 bits per heavy atom. The molecular formula is C14H16O2S. The Hall–Kier alpha value is -1.35. The Balaban J connectivity index is 2.36. The molecule has 2 nitrogen and oxygen atoms in total. The summed E-state index contributed by atoms with van der Waals surface area (Å²) in [7, 11) is 0. The van der Waals surface area contributed by atoms with E-state index in [4.69, 9.17) is 4.42 Å². The molecule has 0 radical (unpaired) electrons. The van der Waals surface area contributed by atoms with Crippen molar-refractivity contribution < 1.29 is 9.52 Å². The van der Waals surface area contributed by atoms with Crippen LogP contribution in [0.15, 0.2) is 41.2 Å². The third-order valence-electron chi connectivity index (χ3n) is 2.83. The Morgan fingerprint density at radius 3 is 2.53 bits per heavy atom. The number of thiol groups is 1. The highest BCUT2D eigenvalue weighted by atomic mass is 32.1. The lowest BCUT2D eigenvalue weighted by Crippen LogP contribution is -1.99. The first kappa shape index (κ1) is 12.1. The molecule has 1 heterocycles. The lowest BCUT2D eigenvalue weighted by molar-refractivity contribution is 0.475. The van der Waals surface area contributed by atoms with Crippen LogP contribution >= 0.6 is 12.6 Å². The van der Waals surface area contributed by atoms with E-state index in [1.165, 1.54) is 0 Å².